The molecule has 3 nitrogen and oxygen atoms in total. The van der Waals surface area contributed by atoms with Crippen molar-refractivity contribution in [3.8, 4) is 0 Å². The maximum atomic E-state index is 12.5. The van der Waals surface area contributed by atoms with Crippen LogP contribution in [0.5, 0.6) is 0 Å². The third kappa shape index (κ3) is 3.78. The van der Waals surface area contributed by atoms with Crippen molar-refractivity contribution in [3.63, 3.8) is 0 Å². The van der Waals surface area contributed by atoms with Gasteiger partial charge in [0.1, 0.15) is 0 Å². The van der Waals surface area contributed by atoms with Gasteiger partial charge in [-0.3, -0.25) is 4.79 Å². The number of carbonyl (C=O) groups excluding carboxylic acids is 1. The molecule has 0 atom stereocenters. The number of hydrogen-bond acceptors (Lipinski definition) is 2. The van der Waals surface area contributed by atoms with E-state index < -0.39 is 17.6 Å². The number of aryl methyl sites for hydroxylation is 1. The molecule has 6 heteroatoms. The molecule has 0 fully saturated rings. The van der Waals surface area contributed by atoms with Crippen molar-refractivity contribution in [1.82, 2.24) is 0 Å². The lowest BCUT2D eigenvalue weighted by molar-refractivity contribution is -0.137. The number of amides is 1. The molecular formula is C16H15F3N2O. The van der Waals surface area contributed by atoms with Crippen molar-refractivity contribution >= 4 is 11.6 Å². The Morgan fingerprint density at radius 2 is 1.77 bits per heavy atom. The topological polar surface area (TPSA) is 55.1 Å². The summed E-state index contributed by atoms with van der Waals surface area (Å²) < 4.78 is 37.4. The van der Waals surface area contributed by atoms with Gasteiger partial charge in [-0.2, -0.15) is 13.2 Å². The zero-order chi connectivity index (χ0) is 16.3. The van der Waals surface area contributed by atoms with Gasteiger partial charge in [-0.15, -0.1) is 0 Å². The molecule has 0 saturated heterocycles. The van der Waals surface area contributed by atoms with Crippen LogP contribution in [0.25, 0.3) is 0 Å². The van der Waals surface area contributed by atoms with E-state index in [0.717, 1.165) is 28.9 Å². The number of anilines is 1. The molecule has 1 amide bonds. The fourth-order valence-corrected chi connectivity index (χ4v) is 2.07. The van der Waals surface area contributed by atoms with Crippen LogP contribution in [-0.4, -0.2) is 5.91 Å². The van der Waals surface area contributed by atoms with Gasteiger partial charge in [-0.1, -0.05) is 12.1 Å². The number of nitrogens with one attached hydrogen (secondary N) is 1. The van der Waals surface area contributed by atoms with Gasteiger partial charge in [-0.05, 0) is 48.4 Å². The first-order valence-corrected chi connectivity index (χ1v) is 6.58. The minimum Gasteiger partial charge on any atom is -0.381 e. The van der Waals surface area contributed by atoms with Gasteiger partial charge in [0.2, 0.25) is 5.91 Å². The average Bonchev–Trinajstić information content (AvgIpc) is 2.44. The summed E-state index contributed by atoms with van der Waals surface area (Å²) in [5.74, 6) is -0.494. The Morgan fingerprint density at radius 1 is 1.14 bits per heavy atom. The lowest BCUT2D eigenvalue weighted by Crippen LogP contribution is -2.12. The van der Waals surface area contributed by atoms with Gasteiger partial charge < -0.3 is 11.1 Å². The predicted octanol–water partition coefficient (Wildman–Crippen LogP) is 3.72. The Labute approximate surface area is 125 Å². The predicted molar refractivity (Wildman–Crippen MR) is 78.5 cm³/mol. The first kappa shape index (κ1) is 15.9. The van der Waals surface area contributed by atoms with Crippen molar-refractivity contribution in [2.45, 2.75) is 19.6 Å². The highest BCUT2D eigenvalue weighted by Crippen LogP contribution is 2.29. The Morgan fingerprint density at radius 3 is 2.27 bits per heavy atom. The number of primary amides is 1. The number of hydrogen-bond donors (Lipinski definition) is 2. The zero-order valence-corrected chi connectivity index (χ0v) is 11.9. The Kier molecular flexibility index (Phi) is 4.40. The highest BCUT2D eigenvalue weighted by molar-refractivity contribution is 5.94. The second kappa shape index (κ2) is 6.09. The van der Waals surface area contributed by atoms with Crippen LogP contribution < -0.4 is 11.1 Å². The molecule has 2 aromatic carbocycles. The summed E-state index contributed by atoms with van der Waals surface area (Å²) in [4.78, 5) is 11.1. The molecule has 0 radical (unpaired) electrons. The molecular weight excluding hydrogens is 293 g/mol. The van der Waals surface area contributed by atoms with E-state index in [1.165, 1.54) is 12.1 Å². The number of nitrogens with two attached hydrogens (primary N) is 1. The summed E-state index contributed by atoms with van der Waals surface area (Å²) in [7, 11) is 0. The molecule has 0 unspecified atom stereocenters. The van der Waals surface area contributed by atoms with E-state index in [1.54, 1.807) is 25.1 Å². The normalized spacial score (nSPS) is 11.3. The fraction of sp³-hybridized carbons (Fsp3) is 0.188. The smallest absolute Gasteiger partial charge is 0.381 e. The van der Waals surface area contributed by atoms with Crippen molar-refractivity contribution < 1.29 is 18.0 Å². The highest BCUT2D eigenvalue weighted by atomic mass is 19.4. The number of alkyl halides is 3. The van der Waals surface area contributed by atoms with Crippen LogP contribution in [0.3, 0.4) is 0 Å². The largest absolute Gasteiger partial charge is 0.416 e. The summed E-state index contributed by atoms with van der Waals surface area (Å²) in [6.07, 6.45) is -4.33. The van der Waals surface area contributed by atoms with Crippen LogP contribution in [0.2, 0.25) is 0 Å². The van der Waals surface area contributed by atoms with Gasteiger partial charge in [0.25, 0.3) is 0 Å². The fourth-order valence-electron chi connectivity index (χ4n) is 2.07. The molecule has 0 saturated carbocycles. The standard InChI is InChI=1S/C16H15F3N2O/c1-10-8-13(6-7-14(10)15(20)22)21-9-11-2-4-12(5-3-11)16(17,18)19/h2-8,21H,9H2,1H3,(H2,20,22). The van der Waals surface area contributed by atoms with E-state index in [1.807, 2.05) is 0 Å². The lowest BCUT2D eigenvalue weighted by atomic mass is 10.1. The second-order valence-electron chi connectivity index (χ2n) is 4.94. The minimum atomic E-state index is -4.33. The van der Waals surface area contributed by atoms with Crippen LogP contribution in [0.4, 0.5) is 18.9 Å². The van der Waals surface area contributed by atoms with Crippen LogP contribution in [0, 0.1) is 6.92 Å². The van der Waals surface area contributed by atoms with E-state index >= 15 is 0 Å². The van der Waals surface area contributed by atoms with Crippen LogP contribution in [0.15, 0.2) is 42.5 Å². The third-order valence-electron chi connectivity index (χ3n) is 3.27. The molecule has 0 aromatic heterocycles. The molecule has 3 N–H and O–H groups in total. The van der Waals surface area contributed by atoms with Crippen molar-refractivity contribution in [1.29, 1.82) is 0 Å². The first-order chi connectivity index (χ1) is 10.3. The molecule has 116 valence electrons. The van der Waals surface area contributed by atoms with E-state index in [4.69, 9.17) is 5.73 Å². The third-order valence-corrected chi connectivity index (χ3v) is 3.27. The van der Waals surface area contributed by atoms with E-state index in [2.05, 4.69) is 5.32 Å². The molecule has 0 aliphatic heterocycles. The number of rotatable bonds is 4. The number of benzene rings is 2. The maximum Gasteiger partial charge on any atom is 0.416 e. The number of halogens is 3. The molecule has 0 spiro atoms. The summed E-state index contributed by atoms with van der Waals surface area (Å²) in [6, 6.07) is 10.1. The monoisotopic (exact) mass is 308 g/mol. The van der Waals surface area contributed by atoms with Gasteiger partial charge >= 0.3 is 6.18 Å². The van der Waals surface area contributed by atoms with Crippen LogP contribution in [-0.2, 0) is 12.7 Å². The first-order valence-electron chi connectivity index (χ1n) is 6.58. The van der Waals surface area contributed by atoms with Crippen molar-refractivity contribution in [2.24, 2.45) is 5.73 Å². The Bertz CT molecular complexity index is 679. The van der Waals surface area contributed by atoms with Crippen LogP contribution in [0.1, 0.15) is 27.0 Å². The van der Waals surface area contributed by atoms with Crippen molar-refractivity contribution in [3.05, 3.63) is 64.7 Å². The highest BCUT2D eigenvalue weighted by Gasteiger charge is 2.29. The van der Waals surface area contributed by atoms with Gasteiger partial charge in [0.15, 0.2) is 0 Å². The molecule has 0 aliphatic carbocycles. The van der Waals surface area contributed by atoms with Crippen LogP contribution >= 0.6 is 0 Å². The van der Waals surface area contributed by atoms with E-state index in [-0.39, 0.29) is 0 Å². The molecule has 2 aromatic rings. The molecule has 0 heterocycles. The molecule has 0 aliphatic rings. The summed E-state index contributed by atoms with van der Waals surface area (Å²) in [5.41, 5.74) is 7.24. The Balaban J connectivity index is 2.04. The molecule has 22 heavy (non-hydrogen) atoms. The van der Waals surface area contributed by atoms with Gasteiger partial charge in [0.05, 0.1) is 5.56 Å². The Hall–Kier alpha value is -2.50. The molecule has 2 rings (SSSR count). The van der Waals surface area contributed by atoms with E-state index in [0.29, 0.717) is 12.1 Å². The summed E-state index contributed by atoms with van der Waals surface area (Å²) in [6.45, 7) is 2.15. The summed E-state index contributed by atoms with van der Waals surface area (Å²) in [5, 5.41) is 3.09. The molecule has 0 bridgehead atoms. The second-order valence-corrected chi connectivity index (χ2v) is 4.94. The lowest BCUT2D eigenvalue weighted by Gasteiger charge is -2.10. The minimum absolute atomic E-state index is 0.382. The van der Waals surface area contributed by atoms with Crippen molar-refractivity contribution in [2.75, 3.05) is 5.32 Å². The summed E-state index contributed by atoms with van der Waals surface area (Å²) >= 11 is 0. The average molecular weight is 308 g/mol. The SMILES string of the molecule is Cc1cc(NCc2ccc(C(F)(F)F)cc2)ccc1C(N)=O. The van der Waals surface area contributed by atoms with E-state index in [9.17, 15) is 18.0 Å². The maximum absolute atomic E-state index is 12.5. The van der Waals surface area contributed by atoms with Gasteiger partial charge in [-0.25, -0.2) is 0 Å². The van der Waals surface area contributed by atoms with Gasteiger partial charge in [0, 0.05) is 17.8 Å². The number of carbonyl (C=O) groups is 1. The quantitative estimate of drug-likeness (QED) is 0.904. The zero-order valence-electron chi connectivity index (χ0n) is 11.9.